The molecule has 2 aromatic heterocycles. The molecule has 212 valence electrons. The first kappa shape index (κ1) is 27.8. The third-order valence-corrected chi connectivity index (χ3v) is 8.07. The fourth-order valence-electron chi connectivity index (χ4n) is 4.75. The van der Waals surface area contributed by atoms with Gasteiger partial charge < -0.3 is 25.1 Å². The van der Waals surface area contributed by atoms with Gasteiger partial charge in [-0.15, -0.1) is 0 Å². The second-order valence-electron chi connectivity index (χ2n) is 9.85. The standard InChI is InChI=1S/C32H28N4O5S/c37-19-21-11-13-22(14-12-21)29-17-25(20-42-30-10-3-4-15-36(30)39)40-32(41-29)23-6-5-7-24(16-23)34-31(38)28-18-33-26-8-1-2-9-27(26)35-28/h1-16,18,25,29,32,37H,17,19-20H2,(H,34,38)/t25-,29+,32+/m1/s1. The van der Waals surface area contributed by atoms with E-state index in [0.717, 1.165) is 21.4 Å². The second kappa shape index (κ2) is 12.7. The molecule has 42 heavy (non-hydrogen) atoms. The Balaban J connectivity index is 1.21. The third-order valence-electron chi connectivity index (χ3n) is 6.92. The van der Waals surface area contributed by atoms with Crippen LogP contribution in [0.3, 0.4) is 0 Å². The van der Waals surface area contributed by atoms with E-state index in [-0.39, 0.29) is 30.4 Å². The minimum atomic E-state index is -0.709. The number of amides is 1. The van der Waals surface area contributed by atoms with E-state index in [9.17, 15) is 15.1 Å². The summed E-state index contributed by atoms with van der Waals surface area (Å²) in [5, 5.41) is 25.1. The molecule has 1 fully saturated rings. The van der Waals surface area contributed by atoms with Crippen LogP contribution in [0.25, 0.3) is 11.0 Å². The largest absolute Gasteiger partial charge is 0.618 e. The van der Waals surface area contributed by atoms with Gasteiger partial charge in [0, 0.05) is 35.6 Å². The van der Waals surface area contributed by atoms with E-state index in [0.29, 0.717) is 33.9 Å². The molecule has 9 nitrogen and oxygen atoms in total. The molecule has 0 radical (unpaired) electrons. The Bertz CT molecular complexity index is 1700. The molecular formula is C32H28N4O5S. The van der Waals surface area contributed by atoms with Crippen LogP contribution in [0.4, 0.5) is 5.69 Å². The van der Waals surface area contributed by atoms with Gasteiger partial charge in [0.1, 0.15) is 5.69 Å². The van der Waals surface area contributed by atoms with Crippen LogP contribution in [0.1, 0.15) is 46.0 Å². The van der Waals surface area contributed by atoms with E-state index in [2.05, 4.69) is 15.3 Å². The maximum absolute atomic E-state index is 13.0. The minimum absolute atomic E-state index is 0.0353. The van der Waals surface area contributed by atoms with Crippen LogP contribution in [0.15, 0.2) is 108 Å². The number of carbonyl (C=O) groups excluding carboxylic acids is 1. The van der Waals surface area contributed by atoms with Gasteiger partial charge in [-0.25, -0.2) is 4.98 Å². The quantitative estimate of drug-likeness (QED) is 0.143. The number of rotatable bonds is 8. The summed E-state index contributed by atoms with van der Waals surface area (Å²) in [6.07, 6.45) is 2.32. The van der Waals surface area contributed by atoms with Crippen LogP contribution in [-0.2, 0) is 16.1 Å². The highest BCUT2D eigenvalue weighted by molar-refractivity contribution is 7.99. The number of carbonyl (C=O) groups is 1. The summed E-state index contributed by atoms with van der Waals surface area (Å²) in [4.78, 5) is 21.8. The summed E-state index contributed by atoms with van der Waals surface area (Å²) in [6.45, 7) is -0.0353. The van der Waals surface area contributed by atoms with Crippen LogP contribution in [0, 0.1) is 5.21 Å². The minimum Gasteiger partial charge on any atom is -0.618 e. The van der Waals surface area contributed by atoms with Gasteiger partial charge in [0.25, 0.3) is 10.9 Å². The van der Waals surface area contributed by atoms with Crippen molar-refractivity contribution in [3.05, 3.63) is 131 Å². The number of pyridine rings is 1. The van der Waals surface area contributed by atoms with Gasteiger partial charge in [-0.3, -0.25) is 9.78 Å². The van der Waals surface area contributed by atoms with Gasteiger partial charge in [0.05, 0.1) is 36.0 Å². The lowest BCUT2D eigenvalue weighted by molar-refractivity contribution is -0.645. The first-order chi connectivity index (χ1) is 20.6. The Kier molecular flexibility index (Phi) is 8.38. The summed E-state index contributed by atoms with van der Waals surface area (Å²) in [6, 6.07) is 27.7. The van der Waals surface area contributed by atoms with Crippen molar-refractivity contribution in [2.75, 3.05) is 11.1 Å². The van der Waals surface area contributed by atoms with Crippen molar-refractivity contribution < 1.29 is 24.1 Å². The van der Waals surface area contributed by atoms with E-state index in [1.54, 1.807) is 18.2 Å². The molecule has 3 aromatic carbocycles. The van der Waals surface area contributed by atoms with Crippen molar-refractivity contribution in [1.29, 1.82) is 0 Å². The van der Waals surface area contributed by atoms with Crippen molar-refractivity contribution >= 4 is 34.4 Å². The van der Waals surface area contributed by atoms with Crippen LogP contribution in [0.2, 0.25) is 0 Å². The number of para-hydroxylation sites is 2. The molecule has 10 heteroatoms. The van der Waals surface area contributed by atoms with Gasteiger partial charge >= 0.3 is 0 Å². The SMILES string of the molecule is O=C(Nc1cccc([C@H]2O[C@@H](CSc3cccc[n+]3[O-])C[C@@H](c3ccc(CO)cc3)O2)c1)c1cnc2ccccc2n1. The number of hydrogen-bond donors (Lipinski definition) is 2. The van der Waals surface area contributed by atoms with E-state index in [4.69, 9.17) is 9.47 Å². The first-order valence-corrected chi connectivity index (χ1v) is 14.5. The van der Waals surface area contributed by atoms with Crippen LogP contribution >= 0.6 is 11.8 Å². The van der Waals surface area contributed by atoms with E-state index >= 15 is 0 Å². The maximum atomic E-state index is 13.0. The highest BCUT2D eigenvalue weighted by Crippen LogP contribution is 2.39. The molecule has 2 N–H and O–H groups in total. The Labute approximate surface area is 246 Å². The van der Waals surface area contributed by atoms with Crippen molar-refractivity contribution in [2.45, 2.75) is 36.6 Å². The zero-order valence-corrected chi connectivity index (χ0v) is 23.3. The molecule has 3 heterocycles. The van der Waals surface area contributed by atoms with Crippen LogP contribution in [-0.4, -0.2) is 32.8 Å². The van der Waals surface area contributed by atoms with Gasteiger partial charge in [-0.05, 0) is 41.5 Å². The predicted molar refractivity (Wildman–Crippen MR) is 158 cm³/mol. The predicted octanol–water partition coefficient (Wildman–Crippen LogP) is 5.35. The summed E-state index contributed by atoms with van der Waals surface area (Å²) in [7, 11) is 0. The summed E-state index contributed by atoms with van der Waals surface area (Å²) < 4.78 is 13.7. The zero-order valence-electron chi connectivity index (χ0n) is 22.5. The topological polar surface area (TPSA) is 121 Å². The summed E-state index contributed by atoms with van der Waals surface area (Å²) >= 11 is 1.43. The van der Waals surface area contributed by atoms with Gasteiger partial charge in [0.2, 0.25) is 0 Å². The second-order valence-corrected chi connectivity index (χ2v) is 10.9. The van der Waals surface area contributed by atoms with E-state index in [1.807, 2.05) is 72.8 Å². The fourth-order valence-corrected chi connectivity index (χ4v) is 5.68. The molecule has 0 unspecified atom stereocenters. The van der Waals surface area contributed by atoms with Crippen LogP contribution < -0.4 is 10.0 Å². The van der Waals surface area contributed by atoms with Gasteiger partial charge in [0.15, 0.2) is 12.5 Å². The van der Waals surface area contributed by atoms with Crippen molar-refractivity contribution in [1.82, 2.24) is 9.97 Å². The number of fused-ring (bicyclic) bond motifs is 1. The highest BCUT2D eigenvalue weighted by atomic mass is 32.2. The number of anilines is 1. The molecule has 1 saturated heterocycles. The summed E-state index contributed by atoms with van der Waals surface area (Å²) in [5.41, 5.74) is 4.66. The number of hydrogen-bond acceptors (Lipinski definition) is 8. The lowest BCUT2D eigenvalue weighted by Gasteiger charge is -2.36. The average molecular weight is 581 g/mol. The number of nitrogens with zero attached hydrogens (tertiary/aromatic N) is 3. The van der Waals surface area contributed by atoms with Gasteiger partial charge in [-0.1, -0.05) is 60.3 Å². The third kappa shape index (κ3) is 6.42. The first-order valence-electron chi connectivity index (χ1n) is 13.5. The lowest BCUT2D eigenvalue weighted by atomic mass is 10.0. The van der Waals surface area contributed by atoms with E-state index < -0.39 is 6.29 Å². The Morgan fingerprint density at radius 3 is 2.60 bits per heavy atom. The Morgan fingerprint density at radius 1 is 0.976 bits per heavy atom. The smallest absolute Gasteiger partial charge is 0.275 e. The van der Waals surface area contributed by atoms with Crippen molar-refractivity contribution in [3.63, 3.8) is 0 Å². The molecule has 1 aliphatic rings. The molecule has 1 amide bonds. The number of aliphatic hydroxyl groups is 1. The Morgan fingerprint density at radius 2 is 1.79 bits per heavy atom. The number of aromatic nitrogens is 3. The number of aliphatic hydroxyl groups excluding tert-OH is 1. The fraction of sp³-hybridized carbons (Fsp3) is 0.188. The molecular weight excluding hydrogens is 552 g/mol. The molecule has 0 spiro atoms. The van der Waals surface area contributed by atoms with Crippen molar-refractivity contribution in [3.8, 4) is 0 Å². The molecule has 0 saturated carbocycles. The number of benzene rings is 3. The number of thioether (sulfide) groups is 1. The maximum Gasteiger partial charge on any atom is 0.275 e. The normalized spacial score (nSPS) is 18.5. The monoisotopic (exact) mass is 580 g/mol. The van der Waals surface area contributed by atoms with Crippen molar-refractivity contribution in [2.24, 2.45) is 0 Å². The lowest BCUT2D eigenvalue weighted by Crippen LogP contribution is -2.32. The summed E-state index contributed by atoms with van der Waals surface area (Å²) in [5.74, 6) is 0.176. The molecule has 0 bridgehead atoms. The zero-order chi connectivity index (χ0) is 28.9. The molecule has 6 rings (SSSR count). The van der Waals surface area contributed by atoms with E-state index in [1.165, 1.54) is 24.2 Å². The molecule has 5 aromatic rings. The van der Waals surface area contributed by atoms with Gasteiger partial charge in [-0.2, -0.15) is 4.73 Å². The number of ether oxygens (including phenoxy) is 2. The average Bonchev–Trinajstić information content (AvgIpc) is 3.04. The Hall–Kier alpha value is -4.35. The molecule has 3 atom stereocenters. The molecule has 0 aliphatic carbocycles. The van der Waals surface area contributed by atoms with Crippen LogP contribution in [0.5, 0.6) is 0 Å². The molecule has 1 aliphatic heterocycles. The number of nitrogens with one attached hydrogen (secondary N) is 1. The highest BCUT2D eigenvalue weighted by Gasteiger charge is 2.33.